The molecule has 0 saturated heterocycles. The van der Waals surface area contributed by atoms with Crippen LogP contribution in [0, 0.1) is 0 Å². The molecule has 0 bridgehead atoms. The molecule has 2 unspecified atom stereocenters. The molecular weight excluding hydrogens is 345 g/mol. The van der Waals surface area contributed by atoms with Gasteiger partial charge in [-0.25, -0.2) is 0 Å². The molecule has 98 valence electrons. The van der Waals surface area contributed by atoms with Crippen LogP contribution in [0.5, 0.6) is 0 Å². The summed E-state index contributed by atoms with van der Waals surface area (Å²) in [6.07, 6.45) is -1.84. The average molecular weight is 356 g/mol. The first-order chi connectivity index (χ1) is 8.43. The minimum atomic E-state index is -1.84. The molecule has 1 rings (SSSR count). The van der Waals surface area contributed by atoms with Crippen LogP contribution < -0.4 is 61.8 Å². The van der Waals surface area contributed by atoms with E-state index in [4.69, 9.17) is 5.11 Å². The number of carbonyl (C=O) groups excluding carboxylic acids is 1. The fourth-order valence-electron chi connectivity index (χ4n) is 1.45. The Morgan fingerprint density at radius 3 is 2.42 bits per heavy atom. The molecule has 0 radical (unpaired) electrons. The quantitative estimate of drug-likeness (QED) is 0.453. The number of nitrogens with one attached hydrogen (secondary N) is 1. The van der Waals surface area contributed by atoms with Crippen molar-refractivity contribution in [3.63, 3.8) is 0 Å². The molecule has 0 aliphatic rings. The number of aliphatic hydroxyl groups is 1. The van der Waals surface area contributed by atoms with Crippen LogP contribution in [0.3, 0.4) is 0 Å². The van der Waals surface area contributed by atoms with Crippen LogP contribution in [0.4, 0.5) is 0 Å². The molecule has 0 amide bonds. The third-order valence-corrected chi connectivity index (χ3v) is 2.99. The number of aliphatic hydroxyl groups excluding tert-OH is 1. The van der Waals surface area contributed by atoms with Gasteiger partial charge in [0.15, 0.2) is 0 Å². The van der Waals surface area contributed by atoms with Crippen molar-refractivity contribution in [2.24, 2.45) is 0 Å². The fraction of sp³-hybridized carbons (Fsp3) is 0.273. The number of hydrogen-bond donors (Lipinski definition) is 3. The van der Waals surface area contributed by atoms with E-state index in [1.807, 2.05) is 0 Å². The molecule has 6 nitrogen and oxygen atoms in total. The SMILES string of the molecule is O=C(O)CNC(c1ccccc1Br)C(O)C(=O)[O-].[K+]. The number of aliphatic carboxylic acids is 2. The summed E-state index contributed by atoms with van der Waals surface area (Å²) in [5.74, 6) is -2.83. The summed E-state index contributed by atoms with van der Waals surface area (Å²) in [4.78, 5) is 21.2. The van der Waals surface area contributed by atoms with Gasteiger partial charge in [0.2, 0.25) is 0 Å². The second-order valence-corrected chi connectivity index (χ2v) is 4.39. The largest absolute Gasteiger partial charge is 1.00 e. The monoisotopic (exact) mass is 355 g/mol. The van der Waals surface area contributed by atoms with Crippen molar-refractivity contribution < 1.29 is 76.3 Å². The Morgan fingerprint density at radius 2 is 1.95 bits per heavy atom. The standard InChI is InChI=1S/C11H12BrNO5.K/c12-7-4-2-1-3-6(7)9(10(16)11(17)18)13-5-8(14)15;/h1-4,9-10,13,16H,5H2,(H,14,15)(H,17,18);/q;+1/p-1. The van der Waals surface area contributed by atoms with Crippen LogP contribution in [-0.4, -0.2) is 34.8 Å². The van der Waals surface area contributed by atoms with Crippen LogP contribution in [-0.2, 0) is 9.59 Å². The Labute approximate surface area is 160 Å². The minimum Gasteiger partial charge on any atom is -0.547 e. The molecule has 0 heterocycles. The maximum atomic E-state index is 10.7. The molecule has 0 spiro atoms. The second kappa shape index (κ2) is 9.19. The van der Waals surface area contributed by atoms with E-state index < -0.39 is 30.6 Å². The number of carbonyl (C=O) groups is 2. The van der Waals surface area contributed by atoms with Gasteiger partial charge < -0.3 is 20.1 Å². The van der Waals surface area contributed by atoms with Crippen LogP contribution in [0.25, 0.3) is 0 Å². The molecule has 8 heteroatoms. The summed E-state index contributed by atoms with van der Waals surface area (Å²) in [6, 6.07) is 5.54. The normalized spacial score (nSPS) is 13.2. The zero-order valence-electron chi connectivity index (χ0n) is 10.2. The summed E-state index contributed by atoms with van der Waals surface area (Å²) in [6.45, 7) is -0.476. The number of carboxylic acid groups (broad SMARTS) is 2. The van der Waals surface area contributed by atoms with Gasteiger partial charge in [0.05, 0.1) is 18.6 Å². The van der Waals surface area contributed by atoms with Gasteiger partial charge in [-0.2, -0.15) is 0 Å². The van der Waals surface area contributed by atoms with Crippen molar-refractivity contribution in [3.8, 4) is 0 Å². The summed E-state index contributed by atoms with van der Waals surface area (Å²) < 4.78 is 0.563. The predicted molar refractivity (Wildman–Crippen MR) is 63.5 cm³/mol. The van der Waals surface area contributed by atoms with E-state index >= 15 is 0 Å². The Morgan fingerprint density at radius 1 is 1.37 bits per heavy atom. The molecule has 0 aliphatic carbocycles. The van der Waals surface area contributed by atoms with Gasteiger partial charge in [-0.05, 0) is 11.6 Å². The van der Waals surface area contributed by atoms with E-state index in [-0.39, 0.29) is 51.4 Å². The average Bonchev–Trinajstić information content (AvgIpc) is 2.30. The molecule has 1 aromatic rings. The Bertz CT molecular complexity index is 456. The van der Waals surface area contributed by atoms with Gasteiger partial charge >= 0.3 is 57.4 Å². The van der Waals surface area contributed by atoms with Crippen molar-refractivity contribution in [2.45, 2.75) is 12.1 Å². The summed E-state index contributed by atoms with van der Waals surface area (Å²) >= 11 is 3.21. The molecule has 1 aromatic carbocycles. The van der Waals surface area contributed by atoms with E-state index in [2.05, 4.69) is 21.2 Å². The van der Waals surface area contributed by atoms with Crippen LogP contribution in [0.1, 0.15) is 11.6 Å². The maximum absolute atomic E-state index is 10.7. The van der Waals surface area contributed by atoms with Crippen molar-refractivity contribution in [3.05, 3.63) is 34.3 Å². The van der Waals surface area contributed by atoms with E-state index in [0.717, 1.165) is 0 Å². The van der Waals surface area contributed by atoms with Gasteiger partial charge in [-0.1, -0.05) is 34.1 Å². The van der Waals surface area contributed by atoms with Gasteiger partial charge in [0.25, 0.3) is 0 Å². The van der Waals surface area contributed by atoms with E-state index in [1.54, 1.807) is 24.3 Å². The maximum Gasteiger partial charge on any atom is 1.00 e. The van der Waals surface area contributed by atoms with Gasteiger partial charge in [0, 0.05) is 4.47 Å². The first-order valence-corrected chi connectivity index (χ1v) is 5.81. The molecule has 0 fully saturated rings. The molecular formula is C11H11BrKNO5. The first-order valence-electron chi connectivity index (χ1n) is 5.02. The van der Waals surface area contributed by atoms with Crippen molar-refractivity contribution in [1.29, 1.82) is 0 Å². The third kappa shape index (κ3) is 6.00. The summed E-state index contributed by atoms with van der Waals surface area (Å²) in [7, 11) is 0. The molecule has 0 aromatic heterocycles. The Kier molecular flexibility index (Phi) is 9.29. The van der Waals surface area contributed by atoms with E-state index in [0.29, 0.717) is 10.0 Å². The summed E-state index contributed by atoms with van der Waals surface area (Å²) in [5.41, 5.74) is 0.440. The van der Waals surface area contributed by atoms with Gasteiger partial charge in [-0.15, -0.1) is 0 Å². The molecule has 0 saturated carbocycles. The van der Waals surface area contributed by atoms with E-state index in [1.165, 1.54) is 0 Å². The zero-order chi connectivity index (χ0) is 13.7. The smallest absolute Gasteiger partial charge is 0.547 e. The van der Waals surface area contributed by atoms with Gasteiger partial charge in [-0.3, -0.25) is 10.1 Å². The fourth-order valence-corrected chi connectivity index (χ4v) is 1.98. The molecule has 0 aliphatic heterocycles. The zero-order valence-corrected chi connectivity index (χ0v) is 14.9. The molecule has 3 N–H and O–H groups in total. The second-order valence-electron chi connectivity index (χ2n) is 3.54. The number of carboxylic acids is 2. The molecule has 2 atom stereocenters. The number of rotatable bonds is 6. The summed E-state index contributed by atoms with van der Waals surface area (Å²) in [5, 5.41) is 31.3. The number of halogens is 1. The van der Waals surface area contributed by atoms with Crippen LogP contribution in [0.15, 0.2) is 28.7 Å². The third-order valence-electron chi connectivity index (χ3n) is 2.27. The van der Waals surface area contributed by atoms with Crippen LogP contribution in [0.2, 0.25) is 0 Å². The van der Waals surface area contributed by atoms with Crippen molar-refractivity contribution in [2.75, 3.05) is 6.54 Å². The molecule has 19 heavy (non-hydrogen) atoms. The van der Waals surface area contributed by atoms with Gasteiger partial charge in [0.1, 0.15) is 6.10 Å². The van der Waals surface area contributed by atoms with E-state index in [9.17, 15) is 19.8 Å². The Hall–Kier alpha value is 0.196. The Balaban J connectivity index is 0.00000324. The first kappa shape index (κ1) is 19.2. The van der Waals surface area contributed by atoms with Crippen molar-refractivity contribution >= 4 is 27.9 Å². The number of hydrogen-bond acceptors (Lipinski definition) is 5. The number of benzene rings is 1. The predicted octanol–water partition coefficient (Wildman–Crippen LogP) is -3.72. The van der Waals surface area contributed by atoms with Crippen molar-refractivity contribution in [1.82, 2.24) is 5.32 Å². The topological polar surface area (TPSA) is 110 Å². The van der Waals surface area contributed by atoms with Crippen LogP contribution >= 0.6 is 15.9 Å². The minimum absolute atomic E-state index is 0.